The normalized spacial score (nSPS) is 21.2. The van der Waals surface area contributed by atoms with Crippen LogP contribution >= 0.6 is 11.6 Å². The summed E-state index contributed by atoms with van der Waals surface area (Å²) in [7, 11) is 0. The van der Waals surface area contributed by atoms with Gasteiger partial charge in [-0.2, -0.15) is 0 Å². The van der Waals surface area contributed by atoms with Crippen molar-refractivity contribution in [1.29, 1.82) is 0 Å². The minimum absolute atomic E-state index is 0.0289. The van der Waals surface area contributed by atoms with Crippen molar-refractivity contribution in [1.82, 2.24) is 65.2 Å². The molecule has 25 heteroatoms. The smallest absolute Gasteiger partial charge is 0.318 e. The molecule has 4 aliphatic carbocycles. The predicted octanol–water partition coefficient (Wildman–Crippen LogP) is 16.5. The molecule has 18 nitrogen and oxygen atoms in total. The van der Waals surface area contributed by atoms with E-state index < -0.39 is 23.1 Å². The fraction of sp³-hybridized carbons (Fsp3) is 0.473. The average molecular weight is 1380 g/mol. The number of carbonyl (C=O) groups excluding carboxylic acids is 3. The third-order valence-electron chi connectivity index (χ3n) is 21.9. The predicted molar refractivity (Wildman–Crippen MR) is 368 cm³/mol. The fourth-order valence-electron chi connectivity index (χ4n) is 13.2. The monoisotopic (exact) mass is 1380 g/mol. The van der Waals surface area contributed by atoms with Crippen LogP contribution in [0.5, 0.6) is 0 Å². The average Bonchev–Trinajstić information content (AvgIpc) is 1.48. The number of piperidine rings is 3. The van der Waals surface area contributed by atoms with Gasteiger partial charge in [-0.05, 0) is 129 Å². The van der Waals surface area contributed by atoms with E-state index in [0.717, 1.165) is 93.5 Å². The molecule has 3 saturated heterocycles. The zero-order chi connectivity index (χ0) is 69.9. The van der Waals surface area contributed by atoms with Crippen molar-refractivity contribution in [3.63, 3.8) is 0 Å². The Hall–Kier alpha value is -8.48. The van der Waals surface area contributed by atoms with Gasteiger partial charge in [0.25, 0.3) is 17.8 Å². The van der Waals surface area contributed by atoms with E-state index in [4.69, 9.17) is 23.1 Å². The SMILES string of the molecule is CC1([C@H](N)c2ncc(-c3ccc(-c4ccc(-c5cnc([C@@H](N)C6(C)CC6)[nH]5)cc4)cc3)[nH]2)CC1.CC1([C@H](NC(=O)N2CCC(F)(F)CC2)c2ncc(-c3ccc(-c4ccc(-c5cnc([C@@H](NC(=O)N6CCC(F)(F)CC6)C6(C)CC6)[nH]5)cc4)cc3)[nH]2)CC1.O=C(Cl)N1CCC(F)(F)CC1. The zero-order valence-corrected chi connectivity index (χ0v) is 56.9. The molecule has 0 bridgehead atoms. The van der Waals surface area contributed by atoms with Crippen molar-refractivity contribution < 1.29 is 40.7 Å². The number of nitrogens with one attached hydrogen (secondary N) is 6. The first-order valence-corrected chi connectivity index (χ1v) is 34.8. The number of aromatic amines is 4. The minimum atomic E-state index is -2.72. The van der Waals surface area contributed by atoms with Gasteiger partial charge in [0.1, 0.15) is 23.3 Å². The number of halogens is 7. The number of imidazole rings is 4. The Labute approximate surface area is 576 Å². The van der Waals surface area contributed by atoms with Crippen molar-refractivity contribution in [3.8, 4) is 67.3 Å². The Bertz CT molecular complexity index is 3900. The topological polar surface area (TPSA) is 252 Å². The van der Waals surface area contributed by atoms with Crippen molar-refractivity contribution in [3.05, 3.63) is 145 Å². The summed E-state index contributed by atoms with van der Waals surface area (Å²) < 4.78 is 79.6. The van der Waals surface area contributed by atoms with Crippen LogP contribution in [0.2, 0.25) is 0 Å². The highest BCUT2D eigenvalue weighted by Crippen LogP contribution is 2.56. The summed E-state index contributed by atoms with van der Waals surface area (Å²) in [6, 6.07) is 31.9. The number of benzene rings is 4. The number of aromatic nitrogens is 8. The molecule has 4 aromatic carbocycles. The maximum Gasteiger partial charge on any atom is 0.318 e. The van der Waals surface area contributed by atoms with Crippen LogP contribution in [0.4, 0.5) is 40.7 Å². The van der Waals surface area contributed by atoms with Gasteiger partial charge in [0.2, 0.25) is 0 Å². The maximum atomic E-state index is 13.7. The number of likely N-dealkylation sites (tertiary alicyclic amines) is 3. The van der Waals surface area contributed by atoms with E-state index >= 15 is 0 Å². The Morgan fingerprint density at radius 1 is 0.374 bits per heavy atom. The van der Waals surface area contributed by atoms with Crippen LogP contribution in [0.15, 0.2) is 122 Å². The van der Waals surface area contributed by atoms with Gasteiger partial charge < -0.3 is 56.7 Å². The van der Waals surface area contributed by atoms with Gasteiger partial charge in [0.15, 0.2) is 0 Å². The van der Waals surface area contributed by atoms with E-state index in [2.05, 4.69) is 127 Å². The Morgan fingerprint density at radius 2 is 0.596 bits per heavy atom. The van der Waals surface area contributed by atoms with E-state index in [-0.39, 0.29) is 136 Å². The summed E-state index contributed by atoms with van der Waals surface area (Å²) in [5.74, 6) is -4.99. The molecule has 524 valence electrons. The Kier molecular flexibility index (Phi) is 18.7. The number of alkyl halides is 6. The van der Waals surface area contributed by atoms with Crippen LogP contribution in [0.25, 0.3) is 67.3 Å². The highest BCUT2D eigenvalue weighted by Gasteiger charge is 2.51. The van der Waals surface area contributed by atoms with Crippen LogP contribution in [0.1, 0.15) is 165 Å². The quantitative estimate of drug-likeness (QED) is 0.0260. The fourth-order valence-corrected chi connectivity index (χ4v) is 13.4. The molecular weight excluding hydrogens is 1300 g/mol. The molecule has 99 heavy (non-hydrogen) atoms. The third-order valence-corrected chi connectivity index (χ3v) is 22.1. The van der Waals surface area contributed by atoms with Gasteiger partial charge in [0.05, 0.1) is 71.7 Å². The number of nitrogens with two attached hydrogens (primary N) is 2. The lowest BCUT2D eigenvalue weighted by molar-refractivity contribution is -0.0480. The molecule has 4 saturated carbocycles. The number of rotatable bonds is 16. The van der Waals surface area contributed by atoms with Crippen LogP contribution in [0.3, 0.4) is 0 Å². The summed E-state index contributed by atoms with van der Waals surface area (Å²) in [4.78, 5) is 72.8. The number of carbonyl (C=O) groups is 3. The summed E-state index contributed by atoms with van der Waals surface area (Å²) in [5.41, 5.74) is 25.1. The molecule has 4 atom stereocenters. The van der Waals surface area contributed by atoms with Crippen LogP contribution in [-0.2, 0) is 0 Å². The van der Waals surface area contributed by atoms with Gasteiger partial charge in [-0.15, -0.1) is 0 Å². The first-order chi connectivity index (χ1) is 47.0. The van der Waals surface area contributed by atoms with Gasteiger partial charge in [-0.1, -0.05) is 125 Å². The van der Waals surface area contributed by atoms with Crippen LogP contribution in [-0.4, -0.2) is 129 Å². The Balaban J connectivity index is 0.000000165. The molecule has 7 aliphatic rings. The molecule has 5 amide bonds. The van der Waals surface area contributed by atoms with E-state index in [1.54, 1.807) is 12.4 Å². The van der Waals surface area contributed by atoms with Gasteiger partial charge >= 0.3 is 17.4 Å². The van der Waals surface area contributed by atoms with Gasteiger partial charge in [0, 0.05) is 77.8 Å². The van der Waals surface area contributed by atoms with Gasteiger partial charge in [-0.25, -0.2) is 55.9 Å². The molecule has 15 rings (SSSR count). The lowest BCUT2D eigenvalue weighted by Gasteiger charge is -2.33. The largest absolute Gasteiger partial charge is 0.341 e. The zero-order valence-electron chi connectivity index (χ0n) is 56.2. The minimum Gasteiger partial charge on any atom is -0.341 e. The molecule has 3 aliphatic heterocycles. The second-order valence-electron chi connectivity index (χ2n) is 29.7. The lowest BCUT2D eigenvalue weighted by Crippen LogP contribution is -2.49. The number of hydrogen-bond donors (Lipinski definition) is 8. The molecule has 4 aromatic heterocycles. The molecular formula is C74H86ClF6N15O3. The molecule has 7 fully saturated rings. The van der Waals surface area contributed by atoms with Crippen LogP contribution < -0.4 is 22.1 Å². The standard InChI is InChI=1S/C40H46F4N8O2.C28H32N6.C6H8ClF2NO/c1-37(11-12-37)31(49-35(53)51-19-15-39(41,42)16-20-51)33-45-23-29(47-33)27-7-3-25(4-8-27)26-5-9-28(10-6-26)30-24-46-34(48-30)32(38(2)13-14-38)50-36(54)52-21-17-40(43,44)18-22-52;1-27(11-12-27)23(29)25-31-15-21(33-25)19-7-3-17(4-8-19)18-5-9-20(10-6-18)22-16-32-26(34-22)24(30)28(2)13-14-28;7-5(11)10-3-1-6(8,9)2-4-10/h3-10,23-24,31-32H,11-22H2,1-2H3,(H,45,47)(H,46,48)(H,49,53)(H,50,54);3-10,15-16,23-24H,11-14,29-30H2,1-2H3,(H,31,33)(H,32,34);1-4H2/t31-,32-;23-,24-;/m11./s1. The molecule has 0 radical (unpaired) electrons. The van der Waals surface area contributed by atoms with Crippen molar-refractivity contribution >= 4 is 29.0 Å². The number of amides is 5. The highest BCUT2D eigenvalue weighted by molar-refractivity contribution is 6.62. The summed E-state index contributed by atoms with van der Waals surface area (Å²) in [6.45, 7) is 8.91. The van der Waals surface area contributed by atoms with Gasteiger partial charge in [-0.3, -0.25) is 4.79 Å². The number of hydrogen-bond acceptors (Lipinski definition) is 9. The van der Waals surface area contributed by atoms with E-state index in [1.807, 2.05) is 60.9 Å². The van der Waals surface area contributed by atoms with Crippen molar-refractivity contribution in [2.45, 2.75) is 160 Å². The number of H-pyrrole nitrogens is 4. The first-order valence-electron chi connectivity index (χ1n) is 34.4. The number of urea groups is 2. The lowest BCUT2D eigenvalue weighted by atomic mass is 9.98. The highest BCUT2D eigenvalue weighted by atomic mass is 35.5. The summed E-state index contributed by atoms with van der Waals surface area (Å²) >= 11 is 5.09. The second kappa shape index (κ2) is 26.9. The maximum absolute atomic E-state index is 13.7. The molecule has 0 spiro atoms. The third kappa shape index (κ3) is 15.9. The van der Waals surface area contributed by atoms with E-state index in [1.165, 1.54) is 51.5 Å². The molecule has 8 aromatic rings. The Morgan fingerprint density at radius 3 is 0.838 bits per heavy atom. The molecule has 0 unspecified atom stereocenters. The van der Waals surface area contributed by atoms with Crippen molar-refractivity contribution in [2.24, 2.45) is 33.1 Å². The van der Waals surface area contributed by atoms with E-state index in [9.17, 15) is 40.7 Å². The summed E-state index contributed by atoms with van der Waals surface area (Å²) in [5, 5.41) is 5.53. The van der Waals surface area contributed by atoms with Crippen LogP contribution in [0, 0.1) is 21.7 Å². The molecule has 10 N–H and O–H groups in total. The van der Waals surface area contributed by atoms with Crippen molar-refractivity contribution in [2.75, 3.05) is 39.3 Å². The summed E-state index contributed by atoms with van der Waals surface area (Å²) in [6.07, 6.45) is 13.9. The number of nitrogens with zero attached hydrogens (tertiary/aromatic N) is 7. The first kappa shape index (κ1) is 69.0. The molecule has 7 heterocycles. The second-order valence-corrected chi connectivity index (χ2v) is 30.0. The van der Waals surface area contributed by atoms with E-state index in [0.29, 0.717) is 11.6 Å².